The van der Waals surface area contributed by atoms with Gasteiger partial charge in [0.2, 0.25) is 11.8 Å². The first-order chi connectivity index (χ1) is 18.9. The van der Waals surface area contributed by atoms with Crippen molar-refractivity contribution in [3.05, 3.63) is 18.2 Å². The van der Waals surface area contributed by atoms with Gasteiger partial charge in [-0.3, -0.25) is 9.59 Å². The number of carbonyl (C=O) groups excluding carboxylic acids is 2. The Hall–Kier alpha value is -2.64. The van der Waals surface area contributed by atoms with Gasteiger partial charge < -0.3 is 19.4 Å². The summed E-state index contributed by atoms with van der Waals surface area (Å²) in [6.45, 7) is 15.8. The highest BCUT2D eigenvalue weighted by molar-refractivity contribution is 5.87. The Morgan fingerprint density at radius 1 is 0.769 bits per heavy atom. The second-order valence-electron chi connectivity index (χ2n) is 10.4. The summed E-state index contributed by atoms with van der Waals surface area (Å²) in [5.74, 6) is 0.592. The summed E-state index contributed by atoms with van der Waals surface area (Å²) in [5.41, 5.74) is 8.81. The SMILES string of the molecule is CCCCN(CCCC)C(=O)CN(CC(=O)N(CCCC)CCCC)c1ccc(N=N)c(OC(CC)CC)c1. The number of hydrogen-bond acceptors (Lipinski definition) is 6. The molecule has 0 radical (unpaired) electrons. The molecule has 0 heterocycles. The highest BCUT2D eigenvalue weighted by Gasteiger charge is 2.23. The van der Waals surface area contributed by atoms with Gasteiger partial charge in [-0.1, -0.05) is 67.2 Å². The standard InChI is InChI=1S/C31H55N5O3/c1-7-13-19-34(20-14-8-2)30(37)24-36(25-31(38)35(21-15-9-3)22-16-10-4)26-17-18-28(33-32)29(23-26)39-27(11-5)12-6/h17-18,23,27,32H,7-16,19-22,24-25H2,1-6H3. The number of carbonyl (C=O) groups is 2. The predicted molar refractivity (Wildman–Crippen MR) is 161 cm³/mol. The lowest BCUT2D eigenvalue weighted by Crippen LogP contribution is -2.46. The molecular weight excluding hydrogens is 490 g/mol. The zero-order valence-electron chi connectivity index (χ0n) is 25.6. The minimum absolute atomic E-state index is 0.00891. The number of rotatable bonds is 22. The van der Waals surface area contributed by atoms with Crippen LogP contribution in [0.4, 0.5) is 11.4 Å². The van der Waals surface area contributed by atoms with Gasteiger partial charge in [0.15, 0.2) is 0 Å². The van der Waals surface area contributed by atoms with Crippen molar-refractivity contribution < 1.29 is 14.3 Å². The van der Waals surface area contributed by atoms with Crippen LogP contribution in [0.1, 0.15) is 106 Å². The van der Waals surface area contributed by atoms with Gasteiger partial charge in [-0.2, -0.15) is 5.11 Å². The van der Waals surface area contributed by atoms with E-state index in [0.29, 0.717) is 11.4 Å². The fraction of sp³-hybridized carbons (Fsp3) is 0.742. The first-order valence-corrected chi connectivity index (χ1v) is 15.4. The number of unbranched alkanes of at least 4 members (excludes halogenated alkanes) is 4. The summed E-state index contributed by atoms with van der Waals surface area (Å²) in [6, 6.07) is 5.44. The molecule has 0 saturated heterocycles. The molecule has 1 aromatic carbocycles. The number of amides is 2. The van der Waals surface area contributed by atoms with E-state index in [1.165, 1.54) is 0 Å². The highest BCUT2D eigenvalue weighted by atomic mass is 16.5. The Kier molecular flexibility index (Phi) is 17.9. The molecule has 0 unspecified atom stereocenters. The number of nitrogens with one attached hydrogen (secondary N) is 1. The lowest BCUT2D eigenvalue weighted by Gasteiger charge is -2.31. The zero-order valence-corrected chi connectivity index (χ0v) is 25.6. The molecular formula is C31H55N5O3. The normalized spacial score (nSPS) is 10.9. The summed E-state index contributed by atoms with van der Waals surface area (Å²) in [5, 5.41) is 3.66. The molecule has 0 fully saturated rings. The fourth-order valence-corrected chi connectivity index (χ4v) is 4.40. The van der Waals surface area contributed by atoms with Crippen molar-refractivity contribution in [2.24, 2.45) is 5.11 Å². The molecule has 222 valence electrons. The van der Waals surface area contributed by atoms with Crippen LogP contribution in [0.3, 0.4) is 0 Å². The maximum atomic E-state index is 13.6. The lowest BCUT2D eigenvalue weighted by atomic mass is 10.2. The van der Waals surface area contributed by atoms with Gasteiger partial charge in [-0.15, -0.1) is 0 Å². The summed E-state index contributed by atoms with van der Waals surface area (Å²) < 4.78 is 6.21. The van der Waals surface area contributed by atoms with Gasteiger partial charge in [0.25, 0.3) is 0 Å². The average Bonchev–Trinajstić information content (AvgIpc) is 2.95. The predicted octanol–water partition coefficient (Wildman–Crippen LogP) is 7.58. The molecule has 0 aromatic heterocycles. The van der Waals surface area contributed by atoms with Crippen molar-refractivity contribution in [2.75, 3.05) is 44.2 Å². The van der Waals surface area contributed by atoms with E-state index in [0.717, 1.165) is 96.1 Å². The highest BCUT2D eigenvalue weighted by Crippen LogP contribution is 2.34. The van der Waals surface area contributed by atoms with Crippen molar-refractivity contribution in [1.29, 1.82) is 5.53 Å². The number of benzene rings is 1. The Bertz CT molecular complexity index is 794. The number of anilines is 1. The van der Waals surface area contributed by atoms with Crippen molar-refractivity contribution >= 4 is 23.2 Å². The van der Waals surface area contributed by atoms with Crippen molar-refractivity contribution in [3.63, 3.8) is 0 Å². The third-order valence-corrected chi connectivity index (χ3v) is 7.12. The maximum Gasteiger partial charge on any atom is 0.242 e. The molecule has 0 atom stereocenters. The van der Waals surface area contributed by atoms with E-state index in [1.54, 1.807) is 6.07 Å². The monoisotopic (exact) mass is 545 g/mol. The molecule has 0 bridgehead atoms. The number of hydrogen-bond donors (Lipinski definition) is 1. The van der Waals surface area contributed by atoms with Gasteiger partial charge in [0.05, 0.1) is 19.2 Å². The molecule has 0 saturated carbocycles. The summed E-state index contributed by atoms with van der Waals surface area (Å²) in [6.07, 6.45) is 9.63. The van der Waals surface area contributed by atoms with E-state index >= 15 is 0 Å². The Morgan fingerprint density at radius 2 is 1.21 bits per heavy atom. The summed E-state index contributed by atoms with van der Waals surface area (Å²) >= 11 is 0. The van der Waals surface area contributed by atoms with Crippen molar-refractivity contribution in [1.82, 2.24) is 9.80 Å². The second-order valence-corrected chi connectivity index (χ2v) is 10.4. The first kappa shape index (κ1) is 34.4. The van der Waals surface area contributed by atoms with Crippen molar-refractivity contribution in [2.45, 2.75) is 112 Å². The van der Waals surface area contributed by atoms with Crippen LogP contribution in [0.2, 0.25) is 0 Å². The molecule has 0 aliphatic heterocycles. The largest absolute Gasteiger partial charge is 0.488 e. The quantitative estimate of drug-likeness (QED) is 0.152. The van der Waals surface area contributed by atoms with Gasteiger partial charge in [0.1, 0.15) is 11.4 Å². The van der Waals surface area contributed by atoms with E-state index in [9.17, 15) is 9.59 Å². The van der Waals surface area contributed by atoms with Gasteiger partial charge in [-0.25, -0.2) is 5.53 Å². The minimum Gasteiger partial charge on any atom is -0.488 e. The molecule has 1 rings (SSSR count). The molecule has 2 amide bonds. The Balaban J connectivity index is 3.37. The molecule has 8 heteroatoms. The van der Waals surface area contributed by atoms with Crippen LogP contribution in [0.15, 0.2) is 23.3 Å². The van der Waals surface area contributed by atoms with E-state index in [1.807, 2.05) is 26.8 Å². The van der Waals surface area contributed by atoms with Gasteiger partial charge in [0, 0.05) is 37.9 Å². The van der Waals surface area contributed by atoms with E-state index < -0.39 is 0 Å². The van der Waals surface area contributed by atoms with Crippen LogP contribution in [0.5, 0.6) is 5.75 Å². The summed E-state index contributed by atoms with van der Waals surface area (Å²) in [4.78, 5) is 33.0. The van der Waals surface area contributed by atoms with E-state index in [2.05, 4.69) is 46.7 Å². The van der Waals surface area contributed by atoms with Crippen molar-refractivity contribution in [3.8, 4) is 5.75 Å². The maximum absolute atomic E-state index is 13.6. The molecule has 8 nitrogen and oxygen atoms in total. The molecule has 0 aliphatic carbocycles. The number of nitrogens with zero attached hydrogens (tertiary/aromatic N) is 4. The second kappa shape index (κ2) is 20.3. The number of ether oxygens (including phenoxy) is 1. The smallest absolute Gasteiger partial charge is 0.242 e. The van der Waals surface area contributed by atoms with Crippen LogP contribution in [0, 0.1) is 5.53 Å². The molecule has 0 spiro atoms. The van der Waals surface area contributed by atoms with Crippen LogP contribution in [-0.4, -0.2) is 67.0 Å². The van der Waals surface area contributed by atoms with Crippen LogP contribution < -0.4 is 9.64 Å². The third-order valence-electron chi connectivity index (χ3n) is 7.12. The molecule has 1 N–H and O–H groups in total. The van der Waals surface area contributed by atoms with Crippen LogP contribution in [-0.2, 0) is 9.59 Å². The fourth-order valence-electron chi connectivity index (χ4n) is 4.40. The molecule has 39 heavy (non-hydrogen) atoms. The Labute approximate surface area is 238 Å². The van der Waals surface area contributed by atoms with Crippen LogP contribution in [0.25, 0.3) is 0 Å². The van der Waals surface area contributed by atoms with E-state index in [4.69, 9.17) is 10.3 Å². The Morgan fingerprint density at radius 3 is 1.56 bits per heavy atom. The topological polar surface area (TPSA) is 89.3 Å². The van der Waals surface area contributed by atoms with Gasteiger partial charge in [-0.05, 0) is 50.7 Å². The summed E-state index contributed by atoms with van der Waals surface area (Å²) in [7, 11) is 0. The van der Waals surface area contributed by atoms with E-state index in [-0.39, 0.29) is 31.0 Å². The lowest BCUT2D eigenvalue weighted by molar-refractivity contribution is -0.130. The minimum atomic E-state index is 0.00891. The molecule has 1 aromatic rings. The third kappa shape index (κ3) is 12.4. The van der Waals surface area contributed by atoms with Gasteiger partial charge >= 0.3 is 0 Å². The molecule has 0 aliphatic rings. The first-order valence-electron chi connectivity index (χ1n) is 15.4. The van der Waals surface area contributed by atoms with Crippen LogP contribution >= 0.6 is 0 Å². The average molecular weight is 546 g/mol. The zero-order chi connectivity index (χ0) is 29.0.